The molecule has 0 aromatic heterocycles. The molecule has 0 aromatic carbocycles. The van der Waals surface area contributed by atoms with E-state index in [1.54, 1.807) is 12.4 Å². The second-order valence-corrected chi connectivity index (χ2v) is 1.70. The molecule has 40 valence electrons. The average Bonchev–Trinajstić information content (AvgIpc) is 2.15. The normalized spacial score (nSPS) is 22.0. The van der Waals surface area contributed by atoms with E-state index in [0.717, 1.165) is 11.4 Å². The number of hydrogen-bond acceptors (Lipinski definition) is 3. The van der Waals surface area contributed by atoms with Crippen LogP contribution < -0.4 is 5.32 Å². The quantitative estimate of drug-likeness (QED) is 0.461. The second-order valence-electron chi connectivity index (χ2n) is 1.70. The lowest BCUT2D eigenvalue weighted by Gasteiger charge is -1.88. The van der Waals surface area contributed by atoms with Gasteiger partial charge in [-0.2, -0.15) is 0 Å². The van der Waals surface area contributed by atoms with Crippen molar-refractivity contribution in [2.45, 2.75) is 0 Å². The van der Waals surface area contributed by atoms with Crippen LogP contribution in [0.5, 0.6) is 0 Å². The van der Waals surface area contributed by atoms with E-state index in [2.05, 4.69) is 15.3 Å². The van der Waals surface area contributed by atoms with Gasteiger partial charge >= 0.3 is 0 Å². The third-order valence-electron chi connectivity index (χ3n) is 1.20. The molecule has 0 bridgehead atoms. The Kier molecular flexibility index (Phi) is 0.566. The molecule has 0 fully saturated rings. The zero-order valence-corrected chi connectivity index (χ0v) is 4.26. The Morgan fingerprint density at radius 3 is 3.50 bits per heavy atom. The van der Waals surface area contributed by atoms with Gasteiger partial charge in [-0.05, 0) is 0 Å². The molecule has 0 aliphatic carbocycles. The van der Waals surface area contributed by atoms with Crippen LogP contribution in [0, 0.1) is 0 Å². The summed E-state index contributed by atoms with van der Waals surface area (Å²) in [6, 6.07) is 0. The van der Waals surface area contributed by atoms with Crippen LogP contribution in [-0.4, -0.2) is 18.6 Å². The average molecular weight is 107 g/mol. The van der Waals surface area contributed by atoms with Crippen LogP contribution in [0.1, 0.15) is 0 Å². The van der Waals surface area contributed by atoms with Crippen LogP contribution in [0.3, 0.4) is 0 Å². The number of nitrogens with one attached hydrogen (secondary N) is 1. The topological polar surface area (TPSA) is 36.8 Å². The second kappa shape index (κ2) is 1.18. The lowest BCUT2D eigenvalue weighted by Crippen LogP contribution is -2.08. The lowest BCUT2D eigenvalue weighted by molar-refractivity contribution is 0.907. The molecule has 3 nitrogen and oxygen atoms in total. The summed E-state index contributed by atoms with van der Waals surface area (Å²) in [5.74, 6) is 0. The van der Waals surface area contributed by atoms with Gasteiger partial charge in [-0.3, -0.25) is 9.98 Å². The molecule has 0 saturated heterocycles. The van der Waals surface area contributed by atoms with Gasteiger partial charge in [0.2, 0.25) is 0 Å². The molecule has 0 radical (unpaired) electrons. The van der Waals surface area contributed by atoms with E-state index >= 15 is 0 Å². The van der Waals surface area contributed by atoms with Crippen LogP contribution in [0.2, 0.25) is 0 Å². The third kappa shape index (κ3) is 0.332. The Morgan fingerprint density at radius 2 is 2.62 bits per heavy atom. The monoisotopic (exact) mass is 107 g/mol. The first-order chi connectivity index (χ1) is 3.97. The first-order valence-electron chi connectivity index (χ1n) is 2.49. The molecule has 0 unspecified atom stereocenters. The number of allylic oxidation sites excluding steroid dienone is 1. The van der Waals surface area contributed by atoms with Gasteiger partial charge in [0.15, 0.2) is 0 Å². The van der Waals surface area contributed by atoms with Gasteiger partial charge in [0.1, 0.15) is 12.4 Å². The van der Waals surface area contributed by atoms with E-state index < -0.39 is 0 Å². The van der Waals surface area contributed by atoms with E-state index in [9.17, 15) is 0 Å². The highest BCUT2D eigenvalue weighted by Gasteiger charge is 2.12. The molecule has 2 aliphatic rings. The molecule has 0 amide bonds. The lowest BCUT2D eigenvalue weighted by atomic mass is 10.4. The van der Waals surface area contributed by atoms with Crippen LogP contribution >= 0.6 is 0 Å². The maximum atomic E-state index is 4.09. The van der Waals surface area contributed by atoms with Gasteiger partial charge in [-0.25, -0.2) is 0 Å². The summed E-state index contributed by atoms with van der Waals surface area (Å²) in [4.78, 5) is 7.97. The summed E-state index contributed by atoms with van der Waals surface area (Å²) in [6.45, 7) is 0.715. The summed E-state index contributed by atoms with van der Waals surface area (Å²) in [5.41, 5.74) is 2.05. The molecule has 3 heteroatoms. The van der Waals surface area contributed by atoms with Crippen molar-refractivity contribution in [3.05, 3.63) is 11.9 Å². The molecular weight excluding hydrogens is 102 g/mol. The first kappa shape index (κ1) is 3.83. The molecule has 0 spiro atoms. The van der Waals surface area contributed by atoms with Crippen molar-refractivity contribution in [1.29, 1.82) is 0 Å². The minimum atomic E-state index is 0.715. The molecule has 1 N–H and O–H groups in total. The van der Waals surface area contributed by atoms with Crippen LogP contribution in [0.25, 0.3) is 0 Å². The summed E-state index contributed by atoms with van der Waals surface area (Å²) >= 11 is 0. The zero-order valence-electron chi connectivity index (χ0n) is 4.26. The van der Waals surface area contributed by atoms with Gasteiger partial charge in [0.25, 0.3) is 0 Å². The smallest absolute Gasteiger partial charge is 0.108 e. The summed E-state index contributed by atoms with van der Waals surface area (Å²) in [5, 5.41) is 3.05. The Hall–Kier alpha value is -1.12. The Labute approximate surface area is 46.8 Å². The molecule has 2 heterocycles. The van der Waals surface area contributed by atoms with Crippen molar-refractivity contribution in [1.82, 2.24) is 5.32 Å². The minimum absolute atomic E-state index is 0.715. The van der Waals surface area contributed by atoms with Crippen molar-refractivity contribution in [2.24, 2.45) is 9.98 Å². The van der Waals surface area contributed by atoms with Gasteiger partial charge in [-0.1, -0.05) is 0 Å². The standard InChI is InChI=1S/C5H5N3/c1-4-5(2-6-1)8-3-7-4/h1-2,7H,3H2. The molecule has 0 aromatic rings. The predicted octanol–water partition coefficient (Wildman–Crippen LogP) is -0.0861. The van der Waals surface area contributed by atoms with E-state index in [-0.39, 0.29) is 0 Å². The highest BCUT2D eigenvalue weighted by molar-refractivity contribution is 6.40. The van der Waals surface area contributed by atoms with E-state index in [1.807, 2.05) is 0 Å². The fourth-order valence-electron chi connectivity index (χ4n) is 0.790. The Balaban J connectivity index is 2.49. The number of fused-ring (bicyclic) bond motifs is 1. The number of aliphatic imine (C=N–C) groups is 2. The molecule has 2 rings (SSSR count). The van der Waals surface area contributed by atoms with Crippen LogP contribution in [0.4, 0.5) is 0 Å². The molecule has 2 aliphatic heterocycles. The maximum absolute atomic E-state index is 4.09. The summed E-state index contributed by atoms with van der Waals surface area (Å²) in [6.07, 6.45) is 3.54. The van der Waals surface area contributed by atoms with Crippen molar-refractivity contribution >= 4 is 11.9 Å². The van der Waals surface area contributed by atoms with E-state index in [0.29, 0.717) is 6.67 Å². The van der Waals surface area contributed by atoms with Crippen molar-refractivity contribution in [3.63, 3.8) is 0 Å². The highest BCUT2D eigenvalue weighted by atomic mass is 15.1. The van der Waals surface area contributed by atoms with Gasteiger partial charge < -0.3 is 5.32 Å². The van der Waals surface area contributed by atoms with E-state index in [1.165, 1.54) is 0 Å². The molecule has 0 atom stereocenters. The fraction of sp³-hybridized carbons (Fsp3) is 0.200. The Morgan fingerprint density at radius 1 is 1.62 bits per heavy atom. The Bertz CT molecular complexity index is 200. The number of hydrogen-bond donors (Lipinski definition) is 1. The van der Waals surface area contributed by atoms with Crippen LogP contribution in [0.15, 0.2) is 21.9 Å². The maximum Gasteiger partial charge on any atom is 0.108 e. The molecular formula is C5H5N3. The fourth-order valence-corrected chi connectivity index (χ4v) is 0.790. The van der Waals surface area contributed by atoms with Crippen molar-refractivity contribution < 1.29 is 0 Å². The zero-order chi connectivity index (χ0) is 5.40. The first-order valence-corrected chi connectivity index (χ1v) is 2.49. The molecule has 0 saturated carbocycles. The minimum Gasteiger partial charge on any atom is -0.363 e. The summed E-state index contributed by atoms with van der Waals surface area (Å²) < 4.78 is 0. The van der Waals surface area contributed by atoms with Gasteiger partial charge in [0.05, 0.1) is 18.1 Å². The largest absolute Gasteiger partial charge is 0.363 e. The highest BCUT2D eigenvalue weighted by Crippen LogP contribution is 2.04. The predicted molar refractivity (Wildman–Crippen MR) is 32.0 cm³/mol. The van der Waals surface area contributed by atoms with E-state index in [4.69, 9.17) is 0 Å². The third-order valence-corrected chi connectivity index (χ3v) is 1.20. The van der Waals surface area contributed by atoms with Gasteiger partial charge in [0, 0.05) is 0 Å². The SMILES string of the molecule is C1=NC=C2NCN=C12. The number of rotatable bonds is 0. The number of nitrogens with zero attached hydrogens (tertiary/aromatic N) is 2. The molecule has 8 heavy (non-hydrogen) atoms. The van der Waals surface area contributed by atoms with Crippen molar-refractivity contribution in [2.75, 3.05) is 6.67 Å². The van der Waals surface area contributed by atoms with Crippen molar-refractivity contribution in [3.8, 4) is 0 Å². The summed E-state index contributed by atoms with van der Waals surface area (Å²) in [7, 11) is 0. The van der Waals surface area contributed by atoms with Gasteiger partial charge in [-0.15, -0.1) is 0 Å². The van der Waals surface area contributed by atoms with Crippen LogP contribution in [-0.2, 0) is 0 Å².